The van der Waals surface area contributed by atoms with Crippen LogP contribution in [0, 0.1) is 11.3 Å². The number of nitrogens with zero attached hydrogens (tertiary/aromatic N) is 1. The van der Waals surface area contributed by atoms with Crippen molar-refractivity contribution < 1.29 is 8.42 Å². The van der Waals surface area contributed by atoms with Crippen LogP contribution in [-0.4, -0.2) is 15.5 Å². The molecule has 2 aromatic carbocycles. The average molecular weight is 301 g/mol. The number of nitrogens with one attached hydrogen (secondary N) is 2. The van der Waals surface area contributed by atoms with Crippen molar-refractivity contribution in [2.75, 3.05) is 12.4 Å². The van der Waals surface area contributed by atoms with Crippen LogP contribution in [-0.2, 0) is 16.6 Å². The second-order valence-corrected chi connectivity index (χ2v) is 6.11. The average Bonchev–Trinajstić information content (AvgIpc) is 2.53. The summed E-state index contributed by atoms with van der Waals surface area (Å²) in [4.78, 5) is 0.209. The molecular formula is C15H15N3O2S. The van der Waals surface area contributed by atoms with E-state index in [1.165, 1.54) is 0 Å². The van der Waals surface area contributed by atoms with Crippen molar-refractivity contribution in [2.24, 2.45) is 0 Å². The fourth-order valence-corrected chi connectivity index (χ4v) is 3.09. The van der Waals surface area contributed by atoms with E-state index in [9.17, 15) is 8.42 Å². The molecule has 2 aromatic rings. The lowest BCUT2D eigenvalue weighted by molar-refractivity contribution is 0.581. The zero-order valence-corrected chi connectivity index (χ0v) is 12.3. The van der Waals surface area contributed by atoms with Gasteiger partial charge in [0.1, 0.15) is 4.90 Å². The fraction of sp³-hybridized carbons (Fsp3) is 0.133. The van der Waals surface area contributed by atoms with Gasteiger partial charge < -0.3 is 5.32 Å². The molecule has 0 atom stereocenters. The Morgan fingerprint density at radius 1 is 1.10 bits per heavy atom. The molecule has 21 heavy (non-hydrogen) atoms. The Kier molecular flexibility index (Phi) is 4.58. The molecule has 0 aliphatic carbocycles. The van der Waals surface area contributed by atoms with Gasteiger partial charge >= 0.3 is 0 Å². The quantitative estimate of drug-likeness (QED) is 0.886. The number of hydrogen-bond acceptors (Lipinski definition) is 4. The Hall–Kier alpha value is -2.36. The number of anilines is 1. The van der Waals surface area contributed by atoms with E-state index in [0.717, 1.165) is 5.56 Å². The zero-order chi connectivity index (χ0) is 15.3. The van der Waals surface area contributed by atoms with E-state index in [-0.39, 0.29) is 11.4 Å². The van der Waals surface area contributed by atoms with E-state index < -0.39 is 10.0 Å². The Morgan fingerprint density at radius 3 is 2.38 bits per heavy atom. The second-order valence-electron chi connectivity index (χ2n) is 4.38. The minimum atomic E-state index is -3.59. The molecule has 6 heteroatoms. The van der Waals surface area contributed by atoms with Crippen LogP contribution in [0.25, 0.3) is 0 Å². The number of sulfonamides is 1. The summed E-state index contributed by atoms with van der Waals surface area (Å²) in [6.45, 7) is 0.173. The molecule has 2 N–H and O–H groups in total. The smallest absolute Gasteiger partial charge is 0.242 e. The van der Waals surface area contributed by atoms with E-state index in [2.05, 4.69) is 10.0 Å². The molecule has 0 aliphatic heterocycles. The van der Waals surface area contributed by atoms with Gasteiger partial charge in [0.05, 0.1) is 17.3 Å². The van der Waals surface area contributed by atoms with Crippen LogP contribution in [0.15, 0.2) is 53.4 Å². The van der Waals surface area contributed by atoms with E-state index >= 15 is 0 Å². The number of benzene rings is 2. The van der Waals surface area contributed by atoms with Gasteiger partial charge in [-0.05, 0) is 29.8 Å². The van der Waals surface area contributed by atoms with Crippen LogP contribution < -0.4 is 10.0 Å². The first-order valence-electron chi connectivity index (χ1n) is 6.32. The number of rotatable bonds is 5. The monoisotopic (exact) mass is 301 g/mol. The highest BCUT2D eigenvalue weighted by molar-refractivity contribution is 7.89. The Bertz CT molecular complexity index is 762. The third-order valence-corrected chi connectivity index (χ3v) is 4.45. The molecule has 0 saturated carbocycles. The zero-order valence-electron chi connectivity index (χ0n) is 11.5. The number of para-hydroxylation sites is 1. The van der Waals surface area contributed by atoms with Crippen molar-refractivity contribution in [1.82, 2.24) is 4.72 Å². The van der Waals surface area contributed by atoms with Gasteiger partial charge in [-0.2, -0.15) is 5.26 Å². The molecule has 0 aliphatic rings. The maximum Gasteiger partial charge on any atom is 0.242 e. The van der Waals surface area contributed by atoms with Crippen molar-refractivity contribution in [3.8, 4) is 6.07 Å². The van der Waals surface area contributed by atoms with Gasteiger partial charge in [0.15, 0.2) is 0 Å². The predicted molar refractivity (Wildman–Crippen MR) is 81.2 cm³/mol. The van der Waals surface area contributed by atoms with Gasteiger partial charge in [0.25, 0.3) is 0 Å². The molecular weight excluding hydrogens is 286 g/mol. The lowest BCUT2D eigenvalue weighted by Crippen LogP contribution is -2.24. The summed E-state index contributed by atoms with van der Waals surface area (Å²) in [5.74, 6) is 0. The summed E-state index contributed by atoms with van der Waals surface area (Å²) in [6, 6.07) is 15.5. The predicted octanol–water partition coefficient (Wildman–Crippen LogP) is 2.08. The topological polar surface area (TPSA) is 82.0 Å². The van der Waals surface area contributed by atoms with Crippen molar-refractivity contribution in [3.63, 3.8) is 0 Å². The molecule has 108 valence electrons. The van der Waals surface area contributed by atoms with Crippen LogP contribution in [0.2, 0.25) is 0 Å². The summed E-state index contributed by atoms with van der Waals surface area (Å²) >= 11 is 0. The highest BCUT2D eigenvalue weighted by Crippen LogP contribution is 2.20. The van der Waals surface area contributed by atoms with Crippen LogP contribution >= 0.6 is 0 Å². The standard InChI is InChI=1S/C15H15N3O2S/c1-17-14-4-2-3-5-15(14)21(19,20)18-11-13-8-6-12(10-16)7-9-13/h2-9,17-18H,11H2,1H3. The van der Waals surface area contributed by atoms with Gasteiger partial charge in [0, 0.05) is 13.6 Å². The van der Waals surface area contributed by atoms with Gasteiger partial charge in [0.2, 0.25) is 10.0 Å². The third-order valence-electron chi connectivity index (χ3n) is 3.00. The van der Waals surface area contributed by atoms with E-state index in [0.29, 0.717) is 11.3 Å². The molecule has 0 aromatic heterocycles. The molecule has 5 nitrogen and oxygen atoms in total. The van der Waals surface area contributed by atoms with Gasteiger partial charge in [-0.1, -0.05) is 24.3 Å². The second kappa shape index (κ2) is 6.39. The third kappa shape index (κ3) is 3.60. The van der Waals surface area contributed by atoms with Crippen LogP contribution in [0.1, 0.15) is 11.1 Å². The van der Waals surface area contributed by atoms with E-state index in [4.69, 9.17) is 5.26 Å². The first-order chi connectivity index (χ1) is 10.1. The minimum Gasteiger partial charge on any atom is -0.387 e. The highest BCUT2D eigenvalue weighted by Gasteiger charge is 2.17. The van der Waals surface area contributed by atoms with Crippen LogP contribution in [0.4, 0.5) is 5.69 Å². The summed E-state index contributed by atoms with van der Waals surface area (Å²) < 4.78 is 27.2. The molecule has 0 fully saturated rings. The lowest BCUT2D eigenvalue weighted by Gasteiger charge is -2.11. The summed E-state index contributed by atoms with van der Waals surface area (Å²) in [5, 5.41) is 11.6. The number of nitriles is 1. The summed E-state index contributed by atoms with van der Waals surface area (Å²) in [5.41, 5.74) is 1.88. The lowest BCUT2D eigenvalue weighted by atomic mass is 10.1. The summed E-state index contributed by atoms with van der Waals surface area (Å²) in [6.07, 6.45) is 0. The van der Waals surface area contributed by atoms with Crippen molar-refractivity contribution in [1.29, 1.82) is 5.26 Å². The maximum atomic E-state index is 12.3. The minimum absolute atomic E-state index is 0.173. The molecule has 2 rings (SSSR count). The molecule has 0 spiro atoms. The van der Waals surface area contributed by atoms with E-state index in [1.54, 1.807) is 55.6 Å². The molecule has 0 amide bonds. The normalized spacial score (nSPS) is 10.9. The Labute approximate surface area is 124 Å². The first kappa shape index (κ1) is 15.0. The van der Waals surface area contributed by atoms with Gasteiger partial charge in [-0.25, -0.2) is 13.1 Å². The number of hydrogen-bond donors (Lipinski definition) is 2. The van der Waals surface area contributed by atoms with Crippen LogP contribution in [0.5, 0.6) is 0 Å². The first-order valence-corrected chi connectivity index (χ1v) is 7.80. The highest BCUT2D eigenvalue weighted by atomic mass is 32.2. The summed E-state index contributed by atoms with van der Waals surface area (Å²) in [7, 11) is -1.92. The maximum absolute atomic E-state index is 12.3. The molecule has 0 radical (unpaired) electrons. The molecule has 0 heterocycles. The molecule has 0 bridgehead atoms. The molecule has 0 unspecified atom stereocenters. The SMILES string of the molecule is CNc1ccccc1S(=O)(=O)NCc1ccc(C#N)cc1. The Morgan fingerprint density at radius 2 is 1.76 bits per heavy atom. The Balaban J connectivity index is 2.16. The van der Waals surface area contributed by atoms with Crippen molar-refractivity contribution in [2.45, 2.75) is 11.4 Å². The largest absolute Gasteiger partial charge is 0.387 e. The van der Waals surface area contributed by atoms with E-state index in [1.807, 2.05) is 6.07 Å². The van der Waals surface area contributed by atoms with Gasteiger partial charge in [-0.15, -0.1) is 0 Å². The van der Waals surface area contributed by atoms with Crippen LogP contribution in [0.3, 0.4) is 0 Å². The fourth-order valence-electron chi connectivity index (χ4n) is 1.86. The van der Waals surface area contributed by atoms with Crippen molar-refractivity contribution >= 4 is 15.7 Å². The molecule has 0 saturated heterocycles. The van der Waals surface area contributed by atoms with Crippen molar-refractivity contribution in [3.05, 3.63) is 59.7 Å². The van der Waals surface area contributed by atoms with Gasteiger partial charge in [-0.3, -0.25) is 0 Å².